The number of benzene rings is 1. The van der Waals surface area contributed by atoms with E-state index < -0.39 is 0 Å². The maximum Gasteiger partial charge on any atom is 0.265 e. The molecule has 0 spiro atoms. The van der Waals surface area contributed by atoms with E-state index in [2.05, 4.69) is 15.3 Å². The Hall–Kier alpha value is -2.65. The van der Waals surface area contributed by atoms with Gasteiger partial charge in [0.1, 0.15) is 15.7 Å². The van der Waals surface area contributed by atoms with Crippen molar-refractivity contribution in [2.24, 2.45) is 5.92 Å². The highest BCUT2D eigenvalue weighted by atomic mass is 32.1. The van der Waals surface area contributed by atoms with Crippen LogP contribution in [-0.4, -0.2) is 39.8 Å². The van der Waals surface area contributed by atoms with Crippen LogP contribution in [0.25, 0.3) is 10.6 Å². The molecule has 1 N–H and O–H groups in total. The molecule has 1 aliphatic rings. The fourth-order valence-electron chi connectivity index (χ4n) is 3.25. The summed E-state index contributed by atoms with van der Waals surface area (Å²) >= 11 is 2.59. The van der Waals surface area contributed by atoms with Gasteiger partial charge in [0, 0.05) is 30.0 Å². The highest BCUT2D eigenvalue weighted by Gasteiger charge is 2.29. The van der Waals surface area contributed by atoms with Crippen molar-refractivity contribution in [2.45, 2.75) is 19.8 Å². The van der Waals surface area contributed by atoms with Crippen molar-refractivity contribution in [3.63, 3.8) is 0 Å². The number of halogens is 1. The van der Waals surface area contributed by atoms with Gasteiger partial charge in [0.15, 0.2) is 5.13 Å². The maximum atomic E-state index is 13.9. The summed E-state index contributed by atoms with van der Waals surface area (Å²) in [5.74, 6) is -0.674. The molecule has 0 saturated carbocycles. The molecule has 0 radical (unpaired) electrons. The molecule has 1 aliphatic heterocycles. The van der Waals surface area contributed by atoms with Crippen LogP contribution in [0, 0.1) is 18.7 Å². The van der Waals surface area contributed by atoms with E-state index in [1.165, 1.54) is 34.9 Å². The highest BCUT2D eigenvalue weighted by Crippen LogP contribution is 2.29. The number of aromatic nitrogens is 2. The average Bonchev–Trinajstić information content (AvgIpc) is 3.37. The van der Waals surface area contributed by atoms with Crippen LogP contribution < -0.4 is 5.32 Å². The van der Waals surface area contributed by atoms with Crippen LogP contribution in [0.1, 0.15) is 28.2 Å². The summed E-state index contributed by atoms with van der Waals surface area (Å²) in [4.78, 5) is 35.9. The Morgan fingerprint density at radius 3 is 2.69 bits per heavy atom. The third-order valence-corrected chi connectivity index (χ3v) is 6.72. The Morgan fingerprint density at radius 2 is 2.00 bits per heavy atom. The van der Waals surface area contributed by atoms with E-state index in [0.29, 0.717) is 46.5 Å². The molecule has 0 atom stereocenters. The van der Waals surface area contributed by atoms with Gasteiger partial charge >= 0.3 is 0 Å². The summed E-state index contributed by atoms with van der Waals surface area (Å²) in [6, 6.07) is 6.39. The second-order valence-corrected chi connectivity index (χ2v) is 8.75. The zero-order chi connectivity index (χ0) is 20.4. The largest absolute Gasteiger partial charge is 0.338 e. The molecule has 1 aromatic carbocycles. The maximum absolute atomic E-state index is 13.9. The Kier molecular flexibility index (Phi) is 5.68. The Bertz CT molecular complexity index is 1040. The monoisotopic (exact) mass is 430 g/mol. The van der Waals surface area contributed by atoms with Gasteiger partial charge < -0.3 is 10.2 Å². The minimum absolute atomic E-state index is 0.0499. The molecule has 1 saturated heterocycles. The molecule has 6 nitrogen and oxygen atoms in total. The number of anilines is 1. The molecule has 3 aromatic rings. The molecule has 4 rings (SSSR count). The lowest BCUT2D eigenvalue weighted by molar-refractivity contribution is -0.121. The summed E-state index contributed by atoms with van der Waals surface area (Å²) in [7, 11) is 0. The Morgan fingerprint density at radius 1 is 1.24 bits per heavy atom. The molecule has 9 heteroatoms. The van der Waals surface area contributed by atoms with Gasteiger partial charge in [-0.25, -0.2) is 14.4 Å². The number of amides is 2. The van der Waals surface area contributed by atoms with Gasteiger partial charge in [-0.3, -0.25) is 9.59 Å². The molecule has 1 fully saturated rings. The summed E-state index contributed by atoms with van der Waals surface area (Å²) in [6.07, 6.45) is 2.69. The lowest BCUT2D eigenvalue weighted by Crippen LogP contribution is -2.41. The third-order valence-electron chi connectivity index (χ3n) is 4.82. The molecular formula is C20H19FN4O2S2. The van der Waals surface area contributed by atoms with Crippen molar-refractivity contribution in [3.05, 3.63) is 52.2 Å². The molecule has 3 heterocycles. The highest BCUT2D eigenvalue weighted by molar-refractivity contribution is 7.16. The zero-order valence-corrected chi connectivity index (χ0v) is 17.4. The van der Waals surface area contributed by atoms with Crippen molar-refractivity contribution < 1.29 is 14.0 Å². The summed E-state index contributed by atoms with van der Waals surface area (Å²) in [5.41, 5.74) is 1.27. The van der Waals surface area contributed by atoms with Gasteiger partial charge in [-0.15, -0.1) is 22.7 Å². The Labute approximate surface area is 175 Å². The van der Waals surface area contributed by atoms with E-state index in [-0.39, 0.29) is 23.5 Å². The fraction of sp³-hybridized carbons (Fsp3) is 0.300. The quantitative estimate of drug-likeness (QED) is 0.673. The number of nitrogens with zero attached hydrogens (tertiary/aromatic N) is 3. The fourth-order valence-corrected chi connectivity index (χ4v) is 4.85. The number of likely N-dealkylation sites (tertiary alicyclic amines) is 1. The number of aryl methyl sites for hydroxylation is 1. The number of nitrogens with one attached hydrogen (secondary N) is 1. The topological polar surface area (TPSA) is 75.2 Å². The van der Waals surface area contributed by atoms with Gasteiger partial charge in [0.05, 0.1) is 11.9 Å². The molecular weight excluding hydrogens is 411 g/mol. The normalized spacial score (nSPS) is 14.8. The summed E-state index contributed by atoms with van der Waals surface area (Å²) in [5, 5.41) is 5.84. The molecule has 0 unspecified atom stereocenters. The first kappa shape index (κ1) is 19.7. The predicted octanol–water partition coefficient (Wildman–Crippen LogP) is 4.21. The van der Waals surface area contributed by atoms with E-state index in [4.69, 9.17) is 0 Å². The standard InChI is InChI=1S/C20H19FN4O2S2/c1-12-11-28-20(23-12)24-17(26)13-6-8-25(9-7-13)19(27)16-10-22-18(29-16)14-4-2-3-5-15(14)21/h2-5,10-11,13H,6-9H2,1H3,(H,23,24,26). The van der Waals surface area contributed by atoms with Crippen molar-refractivity contribution in [3.8, 4) is 10.6 Å². The lowest BCUT2D eigenvalue weighted by Gasteiger charge is -2.30. The van der Waals surface area contributed by atoms with Crippen LogP contribution in [0.3, 0.4) is 0 Å². The van der Waals surface area contributed by atoms with Crippen LogP contribution in [0.15, 0.2) is 35.8 Å². The van der Waals surface area contributed by atoms with Gasteiger partial charge in [-0.1, -0.05) is 12.1 Å². The van der Waals surface area contributed by atoms with Gasteiger partial charge in [0.2, 0.25) is 5.91 Å². The van der Waals surface area contributed by atoms with E-state index in [1.54, 1.807) is 23.1 Å². The molecule has 150 valence electrons. The number of carbonyl (C=O) groups excluding carboxylic acids is 2. The molecule has 0 bridgehead atoms. The van der Waals surface area contributed by atoms with E-state index in [0.717, 1.165) is 5.69 Å². The minimum Gasteiger partial charge on any atom is -0.338 e. The average molecular weight is 431 g/mol. The van der Waals surface area contributed by atoms with Crippen LogP contribution in [0.5, 0.6) is 0 Å². The number of piperidine rings is 1. The predicted molar refractivity (Wildman–Crippen MR) is 112 cm³/mol. The van der Waals surface area contributed by atoms with Crippen molar-refractivity contribution in [1.82, 2.24) is 14.9 Å². The molecule has 0 aliphatic carbocycles. The van der Waals surface area contributed by atoms with Crippen molar-refractivity contribution in [1.29, 1.82) is 0 Å². The van der Waals surface area contributed by atoms with Crippen LogP contribution in [-0.2, 0) is 4.79 Å². The van der Waals surface area contributed by atoms with Gasteiger partial charge in [-0.05, 0) is 31.9 Å². The summed E-state index contributed by atoms with van der Waals surface area (Å²) < 4.78 is 13.9. The van der Waals surface area contributed by atoms with E-state index >= 15 is 0 Å². The first-order valence-corrected chi connectivity index (χ1v) is 10.9. The molecule has 2 aromatic heterocycles. The SMILES string of the molecule is Cc1csc(NC(=O)C2CCN(C(=O)c3cnc(-c4ccccc4F)s3)CC2)n1. The second-order valence-electron chi connectivity index (χ2n) is 6.86. The number of rotatable bonds is 4. The van der Waals surface area contributed by atoms with E-state index in [1.807, 2.05) is 12.3 Å². The number of thiazole rings is 2. The number of hydrogen-bond donors (Lipinski definition) is 1. The number of hydrogen-bond acceptors (Lipinski definition) is 6. The third kappa shape index (κ3) is 4.35. The van der Waals surface area contributed by atoms with Gasteiger partial charge in [0.25, 0.3) is 5.91 Å². The second kappa shape index (κ2) is 8.38. The first-order chi connectivity index (χ1) is 14.0. The summed E-state index contributed by atoms with van der Waals surface area (Å²) in [6.45, 7) is 2.88. The smallest absolute Gasteiger partial charge is 0.265 e. The number of carbonyl (C=O) groups is 2. The van der Waals surface area contributed by atoms with Crippen molar-refractivity contribution in [2.75, 3.05) is 18.4 Å². The molecule has 2 amide bonds. The van der Waals surface area contributed by atoms with Crippen LogP contribution >= 0.6 is 22.7 Å². The van der Waals surface area contributed by atoms with Crippen LogP contribution in [0.4, 0.5) is 9.52 Å². The Balaban J connectivity index is 1.36. The lowest BCUT2D eigenvalue weighted by atomic mass is 9.96. The first-order valence-electron chi connectivity index (χ1n) is 9.24. The van der Waals surface area contributed by atoms with Crippen LogP contribution in [0.2, 0.25) is 0 Å². The van der Waals surface area contributed by atoms with Gasteiger partial charge in [-0.2, -0.15) is 0 Å². The van der Waals surface area contributed by atoms with E-state index in [9.17, 15) is 14.0 Å². The zero-order valence-electron chi connectivity index (χ0n) is 15.7. The molecule has 29 heavy (non-hydrogen) atoms. The minimum atomic E-state index is -0.358. The van der Waals surface area contributed by atoms with Crippen molar-refractivity contribution >= 4 is 39.6 Å².